The lowest BCUT2D eigenvalue weighted by atomic mass is 9.97. The molecule has 174 valence electrons. The molecule has 1 aliphatic rings. The SMILES string of the molecule is Cc1nccn1-c1ccc(CNC(=O)C2CCN(S(=O)(=O)Cc3ccccc3F)CC2)cc1. The summed E-state index contributed by atoms with van der Waals surface area (Å²) < 4.78 is 42.6. The average molecular weight is 471 g/mol. The van der Waals surface area contributed by atoms with Crippen molar-refractivity contribution in [1.29, 1.82) is 0 Å². The number of carbonyl (C=O) groups is 1. The summed E-state index contributed by atoms with van der Waals surface area (Å²) in [6, 6.07) is 13.8. The molecular weight excluding hydrogens is 443 g/mol. The van der Waals surface area contributed by atoms with E-state index in [-0.39, 0.29) is 36.2 Å². The predicted octanol–water partition coefficient (Wildman–Crippen LogP) is 3.18. The number of hydrogen-bond donors (Lipinski definition) is 1. The summed E-state index contributed by atoms with van der Waals surface area (Å²) in [5, 5.41) is 2.96. The minimum absolute atomic E-state index is 0.0734. The first kappa shape index (κ1) is 23.1. The van der Waals surface area contributed by atoms with Gasteiger partial charge in [0.2, 0.25) is 15.9 Å². The van der Waals surface area contributed by atoms with Gasteiger partial charge in [0.05, 0.1) is 5.75 Å². The molecule has 2 heterocycles. The van der Waals surface area contributed by atoms with Crippen molar-refractivity contribution in [3.8, 4) is 5.69 Å². The van der Waals surface area contributed by atoms with E-state index in [1.807, 2.05) is 42.0 Å². The molecule has 1 aromatic heterocycles. The number of amides is 1. The fraction of sp³-hybridized carbons (Fsp3) is 0.333. The first-order chi connectivity index (χ1) is 15.8. The normalized spacial score (nSPS) is 15.5. The number of imidazole rings is 1. The van der Waals surface area contributed by atoms with Crippen LogP contribution in [0.1, 0.15) is 29.8 Å². The molecule has 0 radical (unpaired) electrons. The number of aromatic nitrogens is 2. The number of benzene rings is 2. The zero-order valence-electron chi connectivity index (χ0n) is 18.4. The molecule has 33 heavy (non-hydrogen) atoms. The number of halogens is 1. The van der Waals surface area contributed by atoms with Crippen molar-refractivity contribution in [2.45, 2.75) is 32.1 Å². The predicted molar refractivity (Wildman–Crippen MR) is 123 cm³/mol. The van der Waals surface area contributed by atoms with E-state index in [0.29, 0.717) is 19.4 Å². The van der Waals surface area contributed by atoms with Crippen LogP contribution in [0.5, 0.6) is 0 Å². The molecule has 1 amide bonds. The van der Waals surface area contributed by atoms with Crippen LogP contribution >= 0.6 is 0 Å². The zero-order chi connectivity index (χ0) is 23.4. The Bertz CT molecular complexity index is 1220. The van der Waals surface area contributed by atoms with E-state index in [0.717, 1.165) is 17.1 Å². The number of carbonyl (C=O) groups excluding carboxylic acids is 1. The molecule has 4 rings (SSSR count). The van der Waals surface area contributed by atoms with Gasteiger partial charge in [-0.2, -0.15) is 0 Å². The second kappa shape index (κ2) is 9.84. The largest absolute Gasteiger partial charge is 0.352 e. The van der Waals surface area contributed by atoms with Gasteiger partial charge in [-0.3, -0.25) is 4.79 Å². The van der Waals surface area contributed by atoms with Crippen LogP contribution in [-0.2, 0) is 27.1 Å². The minimum Gasteiger partial charge on any atom is -0.352 e. The standard InChI is InChI=1S/C24H27FN4O3S/c1-18-26-12-15-29(18)22-8-6-19(7-9-22)16-27-24(30)20-10-13-28(14-11-20)33(31,32)17-21-4-2-3-5-23(21)25/h2-9,12,15,20H,10-11,13-14,16-17H2,1H3,(H,27,30). The van der Waals surface area contributed by atoms with Crippen LogP contribution in [-0.4, -0.2) is 41.3 Å². The van der Waals surface area contributed by atoms with Crippen molar-refractivity contribution < 1.29 is 17.6 Å². The molecule has 0 spiro atoms. The number of sulfonamides is 1. The van der Waals surface area contributed by atoms with Gasteiger partial charge in [-0.05, 0) is 43.5 Å². The van der Waals surface area contributed by atoms with Gasteiger partial charge in [-0.15, -0.1) is 0 Å². The molecule has 0 bridgehead atoms. The first-order valence-electron chi connectivity index (χ1n) is 10.9. The van der Waals surface area contributed by atoms with Crippen molar-refractivity contribution in [1.82, 2.24) is 19.2 Å². The van der Waals surface area contributed by atoms with E-state index in [4.69, 9.17) is 0 Å². The number of aryl methyl sites for hydroxylation is 1. The number of hydrogen-bond acceptors (Lipinski definition) is 4. The molecule has 3 aromatic rings. The van der Waals surface area contributed by atoms with Crippen LogP contribution in [0.15, 0.2) is 60.9 Å². The summed E-state index contributed by atoms with van der Waals surface area (Å²) in [5.74, 6) is -0.305. The molecule has 0 saturated carbocycles. The Hall–Kier alpha value is -3.04. The summed E-state index contributed by atoms with van der Waals surface area (Å²) in [6.45, 7) is 2.86. The molecule has 0 atom stereocenters. The quantitative estimate of drug-likeness (QED) is 0.575. The lowest BCUT2D eigenvalue weighted by molar-refractivity contribution is -0.126. The summed E-state index contributed by atoms with van der Waals surface area (Å²) in [7, 11) is -3.63. The van der Waals surface area contributed by atoms with E-state index >= 15 is 0 Å². The number of nitrogens with one attached hydrogen (secondary N) is 1. The van der Waals surface area contributed by atoms with Gasteiger partial charge in [0.25, 0.3) is 0 Å². The van der Waals surface area contributed by atoms with Crippen LogP contribution in [0.4, 0.5) is 4.39 Å². The number of piperidine rings is 1. The fourth-order valence-corrected chi connectivity index (χ4v) is 5.64. The fourth-order valence-electron chi connectivity index (χ4n) is 4.06. The summed E-state index contributed by atoms with van der Waals surface area (Å²) in [6.07, 6.45) is 4.54. The smallest absolute Gasteiger partial charge is 0.223 e. The van der Waals surface area contributed by atoms with Gasteiger partial charge in [0, 0.05) is 49.2 Å². The van der Waals surface area contributed by atoms with Crippen LogP contribution < -0.4 is 5.32 Å². The summed E-state index contributed by atoms with van der Waals surface area (Å²) in [5.41, 5.74) is 2.14. The van der Waals surface area contributed by atoms with E-state index in [9.17, 15) is 17.6 Å². The van der Waals surface area contributed by atoms with Crippen LogP contribution in [0.2, 0.25) is 0 Å². The van der Waals surface area contributed by atoms with Crippen LogP contribution in [0, 0.1) is 18.7 Å². The van der Waals surface area contributed by atoms with Crippen molar-refractivity contribution in [2.24, 2.45) is 5.92 Å². The lowest BCUT2D eigenvalue weighted by Crippen LogP contribution is -2.43. The van der Waals surface area contributed by atoms with Gasteiger partial charge in [0.1, 0.15) is 11.6 Å². The Morgan fingerprint density at radius 3 is 2.45 bits per heavy atom. The van der Waals surface area contributed by atoms with Gasteiger partial charge < -0.3 is 9.88 Å². The average Bonchev–Trinajstić information content (AvgIpc) is 3.25. The minimum atomic E-state index is -3.63. The van der Waals surface area contributed by atoms with E-state index < -0.39 is 15.8 Å². The van der Waals surface area contributed by atoms with Crippen LogP contribution in [0.25, 0.3) is 5.69 Å². The Balaban J connectivity index is 1.27. The van der Waals surface area contributed by atoms with E-state index in [2.05, 4.69) is 10.3 Å². The molecule has 7 nitrogen and oxygen atoms in total. The highest BCUT2D eigenvalue weighted by Gasteiger charge is 2.31. The van der Waals surface area contributed by atoms with Gasteiger partial charge in [-0.1, -0.05) is 30.3 Å². The molecule has 1 N–H and O–H groups in total. The molecule has 0 aliphatic carbocycles. The monoisotopic (exact) mass is 470 g/mol. The maximum Gasteiger partial charge on any atom is 0.223 e. The molecule has 9 heteroatoms. The van der Waals surface area contributed by atoms with E-state index in [1.165, 1.54) is 22.5 Å². The van der Waals surface area contributed by atoms with Gasteiger partial charge >= 0.3 is 0 Å². The van der Waals surface area contributed by atoms with Gasteiger partial charge in [-0.25, -0.2) is 22.1 Å². The molecule has 1 fully saturated rings. The van der Waals surface area contributed by atoms with Crippen molar-refractivity contribution >= 4 is 15.9 Å². The maximum absolute atomic E-state index is 13.9. The highest BCUT2D eigenvalue weighted by molar-refractivity contribution is 7.88. The molecule has 1 saturated heterocycles. The Morgan fingerprint density at radius 1 is 1.12 bits per heavy atom. The van der Waals surface area contributed by atoms with Gasteiger partial charge in [0.15, 0.2) is 0 Å². The molecule has 2 aromatic carbocycles. The second-order valence-electron chi connectivity index (χ2n) is 8.25. The second-order valence-corrected chi connectivity index (χ2v) is 10.2. The lowest BCUT2D eigenvalue weighted by Gasteiger charge is -2.30. The van der Waals surface area contributed by atoms with E-state index in [1.54, 1.807) is 12.3 Å². The number of nitrogens with zero attached hydrogens (tertiary/aromatic N) is 3. The van der Waals surface area contributed by atoms with Crippen molar-refractivity contribution in [2.75, 3.05) is 13.1 Å². The molecular formula is C24H27FN4O3S. The number of rotatable bonds is 7. The third-order valence-electron chi connectivity index (χ3n) is 6.02. The van der Waals surface area contributed by atoms with Crippen LogP contribution in [0.3, 0.4) is 0 Å². The zero-order valence-corrected chi connectivity index (χ0v) is 19.3. The summed E-state index contributed by atoms with van der Waals surface area (Å²) >= 11 is 0. The van der Waals surface area contributed by atoms with Crippen molar-refractivity contribution in [3.63, 3.8) is 0 Å². The molecule has 0 unspecified atom stereocenters. The Kier molecular flexibility index (Phi) is 6.90. The third-order valence-corrected chi connectivity index (χ3v) is 7.85. The Morgan fingerprint density at radius 2 is 1.82 bits per heavy atom. The summed E-state index contributed by atoms with van der Waals surface area (Å²) in [4.78, 5) is 16.8. The Labute approximate surface area is 193 Å². The molecule has 1 aliphatic heterocycles. The maximum atomic E-state index is 13.9. The highest BCUT2D eigenvalue weighted by Crippen LogP contribution is 2.23. The third kappa shape index (κ3) is 5.48. The highest BCUT2D eigenvalue weighted by atomic mass is 32.2. The topological polar surface area (TPSA) is 84.3 Å². The first-order valence-corrected chi connectivity index (χ1v) is 12.5. The van der Waals surface area contributed by atoms with Crippen molar-refractivity contribution in [3.05, 3.63) is 83.7 Å².